The van der Waals surface area contributed by atoms with E-state index in [1.807, 2.05) is 78.9 Å². The lowest BCUT2D eigenvalue weighted by atomic mass is 9.92. The Balaban J connectivity index is 1.04. The first kappa shape index (κ1) is 26.9. The van der Waals surface area contributed by atoms with Gasteiger partial charge < -0.3 is 4.42 Å². The van der Waals surface area contributed by atoms with E-state index in [-0.39, 0.29) is 16.7 Å². The Hall–Kier alpha value is -7.16. The molecule has 4 heterocycles. The van der Waals surface area contributed by atoms with Crippen LogP contribution in [0, 0.1) is 11.3 Å². The molecule has 0 saturated heterocycles. The largest absolute Gasteiger partial charge is 0.454 e. The van der Waals surface area contributed by atoms with Gasteiger partial charge in [0.05, 0.1) is 22.6 Å². The van der Waals surface area contributed by atoms with E-state index in [0.717, 1.165) is 48.4 Å². The van der Waals surface area contributed by atoms with Crippen LogP contribution < -0.4 is 0 Å². The molecule has 0 unspecified atom stereocenters. The van der Waals surface area contributed by atoms with Gasteiger partial charge in [-0.3, -0.25) is 15.0 Å². The zero-order valence-corrected chi connectivity index (χ0v) is 33.6. The van der Waals surface area contributed by atoms with Crippen LogP contribution in [0.4, 0.5) is 0 Å². The third kappa shape index (κ3) is 8.42. The van der Waals surface area contributed by atoms with E-state index in [1.54, 1.807) is 24.3 Å². The Morgan fingerprint density at radius 1 is 0.516 bits per heavy atom. The number of rotatable bonds is 13. The highest BCUT2D eigenvalue weighted by Crippen LogP contribution is 2.42. The second-order valence-electron chi connectivity index (χ2n) is 15.1. The second kappa shape index (κ2) is 17.8. The number of hydrogen-bond donors (Lipinski definition) is 0. The fraction of sp³-hybridized carbons (Fsp3) is 0.193. The number of para-hydroxylation sites is 1. The molecule has 1 aliphatic rings. The second-order valence-corrected chi connectivity index (χ2v) is 15.1. The predicted octanol–water partition coefficient (Wildman–Crippen LogP) is 13.7. The zero-order chi connectivity index (χ0) is 53.3. The SMILES string of the molecule is [2H]C1(c2ccc3c(oc4c(-c5ccc(C([2H])([2H])C([2H])([2H])c6cc(C([2H])([2H])C([2H])([2H])c7ccc(-c8ccccc8)nc7)cc(C([2H])([2H])C([2H])([2H])c7ccc(-c8ccccc8)nc7)c6)cn5)cccc43)c2C#N)CCCC1. The maximum absolute atomic E-state index is 10.4. The molecule has 0 N–H and O–H groups in total. The molecule has 5 heteroatoms. The Labute approximate surface area is 382 Å². The molecule has 0 aliphatic heterocycles. The van der Waals surface area contributed by atoms with E-state index in [1.165, 1.54) is 36.7 Å². The van der Waals surface area contributed by atoms with E-state index in [9.17, 15) is 21.7 Å². The first-order valence-electron chi connectivity index (χ1n) is 27.1. The average Bonchev–Trinajstić information content (AvgIpc) is 4.05. The van der Waals surface area contributed by atoms with Crippen molar-refractivity contribution in [3.05, 3.63) is 209 Å². The summed E-state index contributed by atoms with van der Waals surface area (Å²) >= 11 is 0. The minimum atomic E-state index is -3.14. The van der Waals surface area contributed by atoms with Crippen molar-refractivity contribution in [2.24, 2.45) is 0 Å². The van der Waals surface area contributed by atoms with E-state index in [0.29, 0.717) is 68.6 Å². The number of hydrogen-bond acceptors (Lipinski definition) is 5. The fourth-order valence-electron chi connectivity index (χ4n) is 7.94. The maximum atomic E-state index is 10.4. The lowest BCUT2D eigenvalue weighted by molar-refractivity contribution is 0.662. The monoisotopic (exact) mass is 817 g/mol. The Morgan fingerprint density at radius 2 is 1.00 bits per heavy atom. The molecule has 5 aromatic carbocycles. The van der Waals surface area contributed by atoms with Crippen molar-refractivity contribution in [1.29, 1.82) is 5.26 Å². The quantitative estimate of drug-likeness (QED) is 0.116. The molecule has 1 fully saturated rings. The molecule has 0 bridgehead atoms. The number of aromatic nitrogens is 3. The van der Waals surface area contributed by atoms with E-state index in [4.69, 9.17) is 5.79 Å². The van der Waals surface area contributed by atoms with Gasteiger partial charge in [-0.25, -0.2) is 0 Å². The number of furan rings is 1. The number of nitriles is 1. The van der Waals surface area contributed by atoms with Crippen LogP contribution in [-0.2, 0) is 38.2 Å². The lowest BCUT2D eigenvalue weighted by Gasteiger charge is -2.12. The Bertz CT molecular complexity index is 3510. The minimum absolute atomic E-state index is 0.189. The minimum Gasteiger partial charge on any atom is -0.454 e. The summed E-state index contributed by atoms with van der Waals surface area (Å²) in [6, 6.07) is 41.2. The highest BCUT2D eigenvalue weighted by molar-refractivity contribution is 6.10. The van der Waals surface area contributed by atoms with Crippen molar-refractivity contribution in [2.45, 2.75) is 69.8 Å². The predicted molar refractivity (Wildman–Crippen MR) is 251 cm³/mol. The van der Waals surface area contributed by atoms with Crippen molar-refractivity contribution >= 4 is 21.9 Å². The third-order valence-corrected chi connectivity index (χ3v) is 11.1. The van der Waals surface area contributed by atoms with Gasteiger partial charge in [-0.2, -0.15) is 5.26 Å². The van der Waals surface area contributed by atoms with Crippen LogP contribution in [0.3, 0.4) is 0 Å². The third-order valence-electron chi connectivity index (χ3n) is 11.1. The van der Waals surface area contributed by atoms with Gasteiger partial charge in [0, 0.05) is 63.9 Å². The van der Waals surface area contributed by atoms with Crippen molar-refractivity contribution in [1.82, 2.24) is 15.0 Å². The average molecular weight is 818 g/mol. The number of aryl methyl sites for hydroxylation is 6. The molecule has 4 aromatic heterocycles. The van der Waals surface area contributed by atoms with Crippen LogP contribution in [0.1, 0.15) is 93.9 Å². The number of fused-ring (bicyclic) bond motifs is 3. The summed E-state index contributed by atoms with van der Waals surface area (Å²) in [7, 11) is 0. The molecule has 9 aromatic rings. The van der Waals surface area contributed by atoms with E-state index >= 15 is 0 Å². The van der Waals surface area contributed by atoms with Crippen LogP contribution in [-0.4, -0.2) is 15.0 Å². The standard InChI is InChI=1S/C57H48N4O/c58-35-52-48(45-10-7-8-11-45)27-28-50-49-16-9-17-51(56(49)62-57(50)52)55-31-26-41(38-61-55)20-23-44-33-42(21-18-39-24-29-53(59-36-39)46-12-3-1-4-13-46)32-43(34-44)22-19-40-25-30-54(60-37-40)47-14-5-2-6-15-47/h1-6,9,12-17,24-34,36-38,45H,7-8,10-11,18-23H2/i18D2,19D2,20D2,21D2,22D2,23D2,45D. The summed E-state index contributed by atoms with van der Waals surface area (Å²) in [4.78, 5) is 13.4. The molecule has 0 spiro atoms. The Morgan fingerprint density at radius 3 is 1.48 bits per heavy atom. The molecule has 1 aliphatic carbocycles. The fourth-order valence-corrected chi connectivity index (χ4v) is 7.94. The maximum Gasteiger partial charge on any atom is 0.153 e. The molecule has 0 atom stereocenters. The van der Waals surface area contributed by atoms with Gasteiger partial charge in [0.2, 0.25) is 0 Å². The van der Waals surface area contributed by atoms with Gasteiger partial charge in [-0.1, -0.05) is 134 Å². The van der Waals surface area contributed by atoms with Gasteiger partial charge in [0.15, 0.2) is 5.58 Å². The molecule has 10 rings (SSSR count). The summed E-state index contributed by atoms with van der Waals surface area (Å²) in [5.74, 6) is -0.898. The molecular formula is C57H48N4O. The van der Waals surface area contributed by atoms with E-state index < -0.39 is 60.8 Å². The molecule has 0 radical (unpaired) electrons. The smallest absolute Gasteiger partial charge is 0.153 e. The summed E-state index contributed by atoms with van der Waals surface area (Å²) < 4.78 is 128. The first-order chi connectivity index (χ1) is 35.5. The number of nitrogens with zero attached hydrogens (tertiary/aromatic N) is 4. The molecule has 0 amide bonds. The summed E-state index contributed by atoms with van der Waals surface area (Å²) in [5.41, 5.74) is 2.61. The first-order valence-corrected chi connectivity index (χ1v) is 20.6. The van der Waals surface area contributed by atoms with Crippen LogP contribution in [0.2, 0.25) is 0 Å². The lowest BCUT2D eigenvalue weighted by Crippen LogP contribution is -2.00. The molecular weight excluding hydrogens is 757 g/mol. The highest BCUT2D eigenvalue weighted by Gasteiger charge is 2.24. The van der Waals surface area contributed by atoms with Crippen molar-refractivity contribution in [2.75, 3.05) is 0 Å². The van der Waals surface area contributed by atoms with Gasteiger partial charge in [-0.15, -0.1) is 0 Å². The highest BCUT2D eigenvalue weighted by atomic mass is 16.3. The van der Waals surface area contributed by atoms with Gasteiger partial charge in [-0.05, 0) is 120 Å². The summed E-state index contributed by atoms with van der Waals surface area (Å²) in [6.07, 6.45) is -11.5. The van der Waals surface area contributed by atoms with Crippen molar-refractivity contribution in [3.8, 4) is 39.8 Å². The van der Waals surface area contributed by atoms with Crippen molar-refractivity contribution < 1.29 is 22.2 Å². The normalized spacial score (nSPS) is 17.9. The Kier molecular flexibility index (Phi) is 7.74. The topological polar surface area (TPSA) is 75.6 Å². The number of benzene rings is 5. The van der Waals surface area contributed by atoms with Gasteiger partial charge >= 0.3 is 0 Å². The number of pyridine rings is 3. The molecule has 62 heavy (non-hydrogen) atoms. The van der Waals surface area contributed by atoms with Crippen LogP contribution >= 0.6 is 0 Å². The zero-order valence-electron chi connectivity index (χ0n) is 46.6. The molecule has 5 nitrogen and oxygen atoms in total. The van der Waals surface area contributed by atoms with Crippen molar-refractivity contribution in [3.63, 3.8) is 0 Å². The van der Waals surface area contributed by atoms with Crippen LogP contribution in [0.5, 0.6) is 0 Å². The van der Waals surface area contributed by atoms with Gasteiger partial charge in [0.1, 0.15) is 11.7 Å². The molecule has 1 saturated carbocycles. The van der Waals surface area contributed by atoms with Gasteiger partial charge in [0.25, 0.3) is 0 Å². The van der Waals surface area contributed by atoms with Crippen LogP contribution in [0.15, 0.2) is 169 Å². The molecule has 302 valence electrons. The summed E-state index contributed by atoms with van der Waals surface area (Å²) in [6.45, 7) is 0. The van der Waals surface area contributed by atoms with Crippen LogP contribution in [0.25, 0.3) is 55.7 Å². The summed E-state index contributed by atoms with van der Waals surface area (Å²) in [5, 5.41) is 11.7. The van der Waals surface area contributed by atoms with E-state index in [2.05, 4.69) is 21.0 Å².